The second-order valence-electron chi connectivity index (χ2n) is 3.75. The highest BCUT2D eigenvalue weighted by molar-refractivity contribution is 9.10. The lowest BCUT2D eigenvalue weighted by atomic mass is 9.94. The van der Waals surface area contributed by atoms with Crippen molar-refractivity contribution in [2.75, 3.05) is 6.54 Å². The van der Waals surface area contributed by atoms with Crippen LogP contribution in [0.4, 0.5) is 4.79 Å². The van der Waals surface area contributed by atoms with Crippen molar-refractivity contribution in [2.24, 2.45) is 0 Å². The molecule has 0 saturated heterocycles. The molecule has 15 heavy (non-hydrogen) atoms. The van der Waals surface area contributed by atoms with Gasteiger partial charge >= 0.3 is 6.09 Å². The van der Waals surface area contributed by atoms with Crippen LogP contribution in [-0.2, 0) is 6.42 Å². The fourth-order valence-electron chi connectivity index (χ4n) is 2.05. The van der Waals surface area contributed by atoms with Crippen LogP contribution in [-0.4, -0.2) is 22.6 Å². The number of halogens is 1. The summed E-state index contributed by atoms with van der Waals surface area (Å²) in [5.41, 5.74) is 2.36. The van der Waals surface area contributed by atoms with Crippen LogP contribution in [0.25, 0.3) is 0 Å². The summed E-state index contributed by atoms with van der Waals surface area (Å²) in [7, 11) is 0. The van der Waals surface area contributed by atoms with E-state index in [-0.39, 0.29) is 6.04 Å². The predicted molar refractivity (Wildman–Crippen MR) is 61.0 cm³/mol. The van der Waals surface area contributed by atoms with E-state index in [0.717, 1.165) is 16.5 Å². The molecule has 4 heteroatoms. The Morgan fingerprint density at radius 1 is 1.60 bits per heavy atom. The van der Waals surface area contributed by atoms with Crippen molar-refractivity contribution in [2.45, 2.75) is 19.4 Å². The topological polar surface area (TPSA) is 40.5 Å². The second-order valence-corrected chi connectivity index (χ2v) is 4.66. The third-order valence-electron chi connectivity index (χ3n) is 2.89. The number of carbonyl (C=O) groups is 1. The SMILES string of the molecule is CC1c2cc(Br)ccc2CCN1C(=O)O. The fraction of sp³-hybridized carbons (Fsp3) is 0.364. The molecule has 1 aliphatic heterocycles. The van der Waals surface area contributed by atoms with Crippen LogP contribution in [0.2, 0.25) is 0 Å². The van der Waals surface area contributed by atoms with Crippen LogP contribution in [0.3, 0.4) is 0 Å². The molecule has 0 saturated carbocycles. The van der Waals surface area contributed by atoms with Crippen molar-refractivity contribution in [3.63, 3.8) is 0 Å². The Morgan fingerprint density at radius 3 is 3.00 bits per heavy atom. The summed E-state index contributed by atoms with van der Waals surface area (Å²) < 4.78 is 1.00. The summed E-state index contributed by atoms with van der Waals surface area (Å²) >= 11 is 3.41. The van der Waals surface area contributed by atoms with Crippen molar-refractivity contribution in [3.8, 4) is 0 Å². The molecule has 1 aromatic rings. The first-order valence-corrected chi connectivity index (χ1v) is 5.67. The molecule has 0 aromatic heterocycles. The van der Waals surface area contributed by atoms with Crippen molar-refractivity contribution in [1.29, 1.82) is 0 Å². The first-order chi connectivity index (χ1) is 7.09. The van der Waals surface area contributed by atoms with Crippen molar-refractivity contribution < 1.29 is 9.90 Å². The molecule has 3 nitrogen and oxygen atoms in total. The molecule has 1 N–H and O–H groups in total. The van der Waals surface area contributed by atoms with Gasteiger partial charge in [0.1, 0.15) is 0 Å². The Kier molecular flexibility index (Phi) is 2.69. The van der Waals surface area contributed by atoms with E-state index in [1.165, 1.54) is 10.5 Å². The van der Waals surface area contributed by atoms with Crippen LogP contribution >= 0.6 is 15.9 Å². The Hall–Kier alpha value is -1.03. The molecule has 1 unspecified atom stereocenters. The van der Waals surface area contributed by atoms with Gasteiger partial charge < -0.3 is 10.0 Å². The van der Waals surface area contributed by atoms with E-state index in [1.807, 2.05) is 19.1 Å². The normalized spacial score (nSPS) is 19.9. The van der Waals surface area contributed by atoms with Gasteiger partial charge in [-0.2, -0.15) is 0 Å². The predicted octanol–water partition coefficient (Wildman–Crippen LogP) is 3.05. The third-order valence-corrected chi connectivity index (χ3v) is 3.39. The number of rotatable bonds is 0. The largest absolute Gasteiger partial charge is 0.465 e. The number of fused-ring (bicyclic) bond motifs is 1. The molecule has 0 fully saturated rings. The summed E-state index contributed by atoms with van der Waals surface area (Å²) in [5, 5.41) is 9.02. The molecule has 0 spiro atoms. The molecule has 0 radical (unpaired) electrons. The third kappa shape index (κ3) is 1.86. The van der Waals surface area contributed by atoms with Crippen LogP contribution in [0.5, 0.6) is 0 Å². The molecule has 1 heterocycles. The molecule has 1 aliphatic rings. The van der Waals surface area contributed by atoms with Crippen molar-refractivity contribution in [1.82, 2.24) is 4.90 Å². The molecule has 1 aromatic carbocycles. The van der Waals surface area contributed by atoms with Gasteiger partial charge in [0.25, 0.3) is 0 Å². The maximum atomic E-state index is 11.0. The van der Waals surface area contributed by atoms with Crippen LogP contribution in [0.15, 0.2) is 22.7 Å². The lowest BCUT2D eigenvalue weighted by Crippen LogP contribution is -2.37. The molecular formula is C11H12BrNO2. The van der Waals surface area contributed by atoms with Gasteiger partial charge in [-0.15, -0.1) is 0 Å². The summed E-state index contributed by atoms with van der Waals surface area (Å²) in [5.74, 6) is 0. The van der Waals surface area contributed by atoms with Crippen LogP contribution in [0.1, 0.15) is 24.1 Å². The van der Waals surface area contributed by atoms with Gasteiger partial charge in [0.2, 0.25) is 0 Å². The minimum atomic E-state index is -0.840. The molecule has 1 amide bonds. The van der Waals surface area contributed by atoms with Gasteiger partial charge in [0.15, 0.2) is 0 Å². The number of hydrogen-bond acceptors (Lipinski definition) is 1. The van der Waals surface area contributed by atoms with E-state index in [0.29, 0.717) is 6.54 Å². The van der Waals surface area contributed by atoms with Gasteiger partial charge in [-0.1, -0.05) is 22.0 Å². The lowest BCUT2D eigenvalue weighted by Gasteiger charge is -2.33. The zero-order chi connectivity index (χ0) is 11.0. The maximum Gasteiger partial charge on any atom is 0.407 e. The number of benzene rings is 1. The molecule has 0 aliphatic carbocycles. The van der Waals surface area contributed by atoms with E-state index in [1.54, 1.807) is 0 Å². The monoisotopic (exact) mass is 269 g/mol. The van der Waals surface area contributed by atoms with Gasteiger partial charge in [-0.3, -0.25) is 0 Å². The number of carboxylic acid groups (broad SMARTS) is 1. The van der Waals surface area contributed by atoms with Crippen molar-refractivity contribution in [3.05, 3.63) is 33.8 Å². The van der Waals surface area contributed by atoms with E-state index >= 15 is 0 Å². The zero-order valence-corrected chi connectivity index (χ0v) is 9.99. The molecule has 0 bridgehead atoms. The second kappa shape index (κ2) is 3.85. The molecule has 2 rings (SSSR count). The highest BCUT2D eigenvalue weighted by atomic mass is 79.9. The summed E-state index contributed by atoms with van der Waals surface area (Å²) in [6.45, 7) is 2.52. The Morgan fingerprint density at radius 2 is 2.33 bits per heavy atom. The van der Waals surface area contributed by atoms with E-state index in [4.69, 9.17) is 5.11 Å². The average Bonchev–Trinajstić information content (AvgIpc) is 2.19. The standard InChI is InChI=1S/C11H12BrNO2/c1-7-10-6-9(12)3-2-8(10)4-5-13(7)11(14)15/h2-3,6-7H,4-5H2,1H3,(H,14,15). The summed E-state index contributed by atoms with van der Waals surface area (Å²) in [6, 6.07) is 6.02. The quantitative estimate of drug-likeness (QED) is 0.787. The van der Waals surface area contributed by atoms with Gasteiger partial charge in [0, 0.05) is 11.0 Å². The zero-order valence-electron chi connectivity index (χ0n) is 8.40. The Bertz CT molecular complexity index is 406. The smallest absolute Gasteiger partial charge is 0.407 e. The summed E-state index contributed by atoms with van der Waals surface area (Å²) in [6.07, 6.45) is -0.0349. The highest BCUT2D eigenvalue weighted by Crippen LogP contribution is 2.31. The Labute approximate surface area is 96.8 Å². The molecule has 1 atom stereocenters. The minimum absolute atomic E-state index is 0.0521. The van der Waals surface area contributed by atoms with E-state index < -0.39 is 6.09 Å². The maximum absolute atomic E-state index is 11.0. The number of hydrogen-bond donors (Lipinski definition) is 1. The molecule has 80 valence electrons. The first-order valence-electron chi connectivity index (χ1n) is 4.87. The molecular weight excluding hydrogens is 258 g/mol. The Balaban J connectivity index is 2.40. The average molecular weight is 270 g/mol. The van der Waals surface area contributed by atoms with Gasteiger partial charge in [0.05, 0.1) is 6.04 Å². The van der Waals surface area contributed by atoms with E-state index in [2.05, 4.69) is 22.0 Å². The number of nitrogens with zero attached hydrogens (tertiary/aromatic N) is 1. The van der Waals surface area contributed by atoms with Crippen molar-refractivity contribution >= 4 is 22.0 Å². The summed E-state index contributed by atoms with van der Waals surface area (Å²) in [4.78, 5) is 12.5. The fourth-order valence-corrected chi connectivity index (χ4v) is 2.42. The minimum Gasteiger partial charge on any atom is -0.465 e. The highest BCUT2D eigenvalue weighted by Gasteiger charge is 2.26. The number of amides is 1. The van der Waals surface area contributed by atoms with Crippen LogP contribution in [0, 0.1) is 0 Å². The lowest BCUT2D eigenvalue weighted by molar-refractivity contribution is 0.124. The van der Waals surface area contributed by atoms with Gasteiger partial charge in [-0.05, 0) is 36.6 Å². The first kappa shape index (κ1) is 10.5. The van der Waals surface area contributed by atoms with Crippen LogP contribution < -0.4 is 0 Å². The van der Waals surface area contributed by atoms with E-state index in [9.17, 15) is 4.79 Å². The van der Waals surface area contributed by atoms with Gasteiger partial charge in [-0.25, -0.2) is 4.79 Å².